The summed E-state index contributed by atoms with van der Waals surface area (Å²) in [6, 6.07) is 7.11. The summed E-state index contributed by atoms with van der Waals surface area (Å²) in [4.78, 5) is 24.5. The van der Waals surface area contributed by atoms with Crippen molar-refractivity contribution in [2.45, 2.75) is 6.10 Å². The molecule has 0 N–H and O–H groups in total. The largest absolute Gasteiger partial charge is 0.366 e. The van der Waals surface area contributed by atoms with Crippen LogP contribution in [0.1, 0.15) is 10.4 Å². The molecule has 1 heterocycles. The number of nitrogens with zero attached hydrogens (tertiary/aromatic N) is 1. The number of carbonyl (C=O) groups excluding carboxylic acids is 2. The molecule has 82 valence electrons. The number of anilines is 1. The summed E-state index contributed by atoms with van der Waals surface area (Å²) in [6.45, 7) is 0. The van der Waals surface area contributed by atoms with Gasteiger partial charge in [-0.25, -0.2) is 4.79 Å². The average molecular weight is 217 g/mol. The fourth-order valence-corrected chi connectivity index (χ4v) is 1.89. The summed E-state index contributed by atoms with van der Waals surface area (Å²) in [6.07, 6.45) is -0.850. The van der Waals surface area contributed by atoms with Crippen LogP contribution in [0.25, 0.3) is 0 Å². The summed E-state index contributed by atoms with van der Waals surface area (Å²) in [7, 11) is 3.12. The molecular weight excluding hydrogens is 206 g/mol. The summed E-state index contributed by atoms with van der Waals surface area (Å²) in [5.41, 5.74) is 1.49. The van der Waals surface area contributed by atoms with Gasteiger partial charge in [0.2, 0.25) is 5.78 Å². The van der Waals surface area contributed by atoms with Crippen molar-refractivity contribution >= 4 is 17.4 Å². The molecule has 1 aromatic carbocycles. The lowest BCUT2D eigenvalue weighted by Crippen LogP contribution is -2.40. The van der Waals surface area contributed by atoms with Gasteiger partial charge in [-0.2, -0.15) is 0 Å². The molecule has 0 aromatic heterocycles. The number of hydrogen-bond donors (Lipinski definition) is 0. The fraction of sp³-hybridized carbons (Fsp3) is 0.250. The van der Waals surface area contributed by atoms with Crippen molar-refractivity contribution in [3.8, 4) is 0 Å². The molecule has 1 atom stereocenters. The number of ether oxygens (including phenoxy) is 1. The zero-order valence-corrected chi connectivity index (χ0v) is 9.06. The number of ketones is 1. The van der Waals surface area contributed by atoms with E-state index in [4.69, 9.17) is 4.74 Å². The highest BCUT2D eigenvalue weighted by Gasteiger charge is 2.35. The fourth-order valence-electron chi connectivity index (χ4n) is 1.89. The van der Waals surface area contributed by atoms with Crippen LogP contribution in [0, 0.1) is 0 Å². The van der Waals surface area contributed by atoms with Gasteiger partial charge in [0.1, 0.15) is 11.6 Å². The van der Waals surface area contributed by atoms with E-state index < -0.39 is 6.10 Å². The summed E-state index contributed by atoms with van der Waals surface area (Å²) >= 11 is 0. The molecule has 0 fully saturated rings. The predicted octanol–water partition coefficient (Wildman–Crippen LogP) is 1.05. The van der Waals surface area contributed by atoms with Crippen molar-refractivity contribution < 1.29 is 14.3 Å². The van der Waals surface area contributed by atoms with Gasteiger partial charge in [0.15, 0.2) is 6.10 Å². The topological polar surface area (TPSA) is 46.6 Å². The lowest BCUT2D eigenvalue weighted by Gasteiger charge is -2.31. The lowest BCUT2D eigenvalue weighted by atomic mass is 9.96. The van der Waals surface area contributed by atoms with Crippen LogP contribution in [-0.4, -0.2) is 32.0 Å². The van der Waals surface area contributed by atoms with E-state index in [-0.39, 0.29) is 11.5 Å². The van der Waals surface area contributed by atoms with Gasteiger partial charge in [-0.3, -0.25) is 4.79 Å². The second-order valence-corrected chi connectivity index (χ2v) is 3.54. The SMILES string of the molecule is COC1C(=O)c2ccccc2N(C)C1=C=O. The molecule has 2 rings (SSSR count). The number of likely N-dealkylation sites (N-methyl/N-ethyl adjacent to an activating group) is 1. The van der Waals surface area contributed by atoms with Crippen LogP contribution in [0.5, 0.6) is 0 Å². The Labute approximate surface area is 93.1 Å². The van der Waals surface area contributed by atoms with E-state index >= 15 is 0 Å². The van der Waals surface area contributed by atoms with Gasteiger partial charge >= 0.3 is 0 Å². The minimum atomic E-state index is -0.850. The summed E-state index contributed by atoms with van der Waals surface area (Å²) in [5, 5.41) is 0. The molecule has 4 nitrogen and oxygen atoms in total. The first kappa shape index (κ1) is 10.6. The number of fused-ring (bicyclic) bond motifs is 1. The zero-order valence-electron chi connectivity index (χ0n) is 9.06. The Balaban J connectivity index is 2.64. The standard InChI is InChI=1S/C12H11NO3/c1-13-9-6-4-3-5-8(9)11(15)12(16-2)10(13)7-14/h3-6,12H,1-2H3. The van der Waals surface area contributed by atoms with Gasteiger partial charge in [-0.1, -0.05) is 12.1 Å². The number of rotatable bonds is 1. The van der Waals surface area contributed by atoms with E-state index in [1.54, 1.807) is 36.1 Å². The normalized spacial score (nSPS) is 19.4. The Kier molecular flexibility index (Phi) is 2.60. The summed E-state index contributed by atoms with van der Waals surface area (Å²) < 4.78 is 5.04. The number of benzene rings is 1. The second-order valence-electron chi connectivity index (χ2n) is 3.54. The molecule has 16 heavy (non-hydrogen) atoms. The molecular formula is C12H11NO3. The third-order valence-electron chi connectivity index (χ3n) is 2.72. The van der Waals surface area contributed by atoms with Crippen LogP contribution in [0.3, 0.4) is 0 Å². The second kappa shape index (κ2) is 3.93. The van der Waals surface area contributed by atoms with E-state index in [0.717, 1.165) is 0 Å². The number of carbonyl (C=O) groups is 1. The van der Waals surface area contributed by atoms with Crippen molar-refractivity contribution in [3.05, 3.63) is 35.5 Å². The number of methoxy groups -OCH3 is 1. The van der Waals surface area contributed by atoms with E-state index in [1.807, 2.05) is 6.07 Å². The van der Waals surface area contributed by atoms with Gasteiger partial charge in [-0.05, 0) is 12.1 Å². The Morgan fingerprint density at radius 2 is 2.06 bits per heavy atom. The maximum atomic E-state index is 12.0. The smallest absolute Gasteiger partial charge is 0.200 e. The van der Waals surface area contributed by atoms with E-state index in [1.165, 1.54) is 7.11 Å². The third-order valence-corrected chi connectivity index (χ3v) is 2.72. The van der Waals surface area contributed by atoms with Crippen molar-refractivity contribution in [2.75, 3.05) is 19.1 Å². The quantitative estimate of drug-likeness (QED) is 0.660. The third kappa shape index (κ3) is 1.36. The van der Waals surface area contributed by atoms with Gasteiger partial charge < -0.3 is 9.64 Å². The molecule has 1 aromatic rings. The Hall–Kier alpha value is -1.90. The minimum absolute atomic E-state index is 0.199. The van der Waals surface area contributed by atoms with Crippen molar-refractivity contribution in [1.29, 1.82) is 0 Å². The molecule has 0 aliphatic carbocycles. The zero-order chi connectivity index (χ0) is 11.7. The molecule has 1 unspecified atom stereocenters. The van der Waals surface area contributed by atoms with Crippen LogP contribution < -0.4 is 4.90 Å². The first-order valence-corrected chi connectivity index (χ1v) is 4.85. The monoisotopic (exact) mass is 217 g/mol. The van der Waals surface area contributed by atoms with Crippen molar-refractivity contribution in [3.63, 3.8) is 0 Å². The maximum absolute atomic E-state index is 12.0. The molecule has 4 heteroatoms. The van der Waals surface area contributed by atoms with Crippen LogP contribution >= 0.6 is 0 Å². The molecule has 0 amide bonds. The lowest BCUT2D eigenvalue weighted by molar-refractivity contribution is 0.0683. The molecule has 0 saturated carbocycles. The van der Waals surface area contributed by atoms with Gasteiger partial charge in [-0.15, -0.1) is 0 Å². The maximum Gasteiger partial charge on any atom is 0.200 e. The van der Waals surface area contributed by atoms with E-state index in [2.05, 4.69) is 0 Å². The highest BCUT2D eigenvalue weighted by molar-refractivity contribution is 6.10. The highest BCUT2D eigenvalue weighted by Crippen LogP contribution is 2.31. The van der Waals surface area contributed by atoms with Gasteiger partial charge in [0.25, 0.3) is 0 Å². The molecule has 0 bridgehead atoms. The van der Waals surface area contributed by atoms with Crippen LogP contribution in [0.15, 0.2) is 30.0 Å². The predicted molar refractivity (Wildman–Crippen MR) is 59.2 cm³/mol. The average Bonchev–Trinajstić information content (AvgIpc) is 2.33. The van der Waals surface area contributed by atoms with E-state index in [0.29, 0.717) is 11.3 Å². The molecule has 0 saturated heterocycles. The highest BCUT2D eigenvalue weighted by atomic mass is 16.5. The molecule has 1 aliphatic rings. The van der Waals surface area contributed by atoms with Crippen LogP contribution in [-0.2, 0) is 9.53 Å². The number of Topliss-reactive ketones (excluding diaryl/α,β-unsaturated/α-hetero) is 1. The van der Waals surface area contributed by atoms with Crippen molar-refractivity contribution in [1.82, 2.24) is 0 Å². The van der Waals surface area contributed by atoms with E-state index in [9.17, 15) is 9.59 Å². The first-order valence-electron chi connectivity index (χ1n) is 4.85. The van der Waals surface area contributed by atoms with Crippen molar-refractivity contribution in [2.24, 2.45) is 0 Å². The van der Waals surface area contributed by atoms with Gasteiger partial charge in [0.05, 0.1) is 5.69 Å². The van der Waals surface area contributed by atoms with Crippen LogP contribution in [0.4, 0.5) is 5.69 Å². The Bertz CT molecular complexity index is 489. The molecule has 1 aliphatic heterocycles. The number of para-hydroxylation sites is 1. The van der Waals surface area contributed by atoms with Crippen LogP contribution in [0.2, 0.25) is 0 Å². The molecule has 0 spiro atoms. The Morgan fingerprint density at radius 3 is 2.69 bits per heavy atom. The summed E-state index contributed by atoms with van der Waals surface area (Å²) in [5.74, 6) is 1.57. The Morgan fingerprint density at radius 1 is 1.38 bits per heavy atom. The number of hydrogen-bond acceptors (Lipinski definition) is 4. The van der Waals surface area contributed by atoms with Gasteiger partial charge in [0, 0.05) is 19.7 Å². The molecule has 0 radical (unpaired) electrons. The first-order chi connectivity index (χ1) is 7.70. The minimum Gasteiger partial charge on any atom is -0.366 e.